The fourth-order valence-corrected chi connectivity index (χ4v) is 4.20. The van der Waals surface area contributed by atoms with Crippen LogP contribution in [0, 0.1) is 6.92 Å². The Kier molecular flexibility index (Phi) is 3.76. The van der Waals surface area contributed by atoms with Gasteiger partial charge in [0.2, 0.25) is 0 Å². The van der Waals surface area contributed by atoms with Crippen molar-refractivity contribution in [1.82, 2.24) is 4.98 Å². The molecule has 0 saturated heterocycles. The molecule has 22 heavy (non-hydrogen) atoms. The van der Waals surface area contributed by atoms with Gasteiger partial charge in [0.25, 0.3) is 10.0 Å². The number of nitrogens with zero attached hydrogens (tertiary/aromatic N) is 1. The lowest BCUT2D eigenvalue weighted by Crippen LogP contribution is -2.12. The van der Waals surface area contributed by atoms with E-state index in [1.807, 2.05) is 25.1 Å². The van der Waals surface area contributed by atoms with Gasteiger partial charge in [-0.2, -0.15) is 0 Å². The van der Waals surface area contributed by atoms with Crippen LogP contribution in [-0.2, 0) is 10.0 Å². The highest BCUT2D eigenvalue weighted by atomic mass is 32.2. The van der Waals surface area contributed by atoms with Crippen molar-refractivity contribution in [2.75, 3.05) is 11.8 Å². The molecule has 1 N–H and O–H groups in total. The molecule has 3 rings (SSSR count). The van der Waals surface area contributed by atoms with Crippen molar-refractivity contribution in [1.29, 1.82) is 0 Å². The van der Waals surface area contributed by atoms with Crippen LogP contribution in [0.2, 0.25) is 0 Å². The van der Waals surface area contributed by atoms with Crippen LogP contribution in [0.4, 0.5) is 5.13 Å². The van der Waals surface area contributed by atoms with Gasteiger partial charge in [-0.1, -0.05) is 17.4 Å². The quantitative estimate of drug-likeness (QED) is 0.794. The SMILES string of the molecule is COc1ccc(S(=O)(=O)Nc2nc3ccc(C)cc3s2)cc1. The third kappa shape index (κ3) is 2.90. The number of ether oxygens (including phenoxy) is 1. The van der Waals surface area contributed by atoms with Crippen molar-refractivity contribution >= 4 is 36.7 Å². The van der Waals surface area contributed by atoms with E-state index < -0.39 is 10.0 Å². The monoisotopic (exact) mass is 334 g/mol. The Balaban J connectivity index is 1.91. The maximum Gasteiger partial charge on any atom is 0.263 e. The minimum absolute atomic E-state index is 0.170. The summed E-state index contributed by atoms with van der Waals surface area (Å²) in [6, 6.07) is 12.0. The molecule has 1 heterocycles. The summed E-state index contributed by atoms with van der Waals surface area (Å²) in [5, 5.41) is 0.358. The Hall–Kier alpha value is -2.12. The number of benzene rings is 2. The largest absolute Gasteiger partial charge is 0.497 e. The molecule has 0 unspecified atom stereocenters. The molecule has 0 aliphatic rings. The number of hydrogen-bond acceptors (Lipinski definition) is 5. The van der Waals surface area contributed by atoms with Crippen LogP contribution < -0.4 is 9.46 Å². The zero-order valence-electron chi connectivity index (χ0n) is 12.0. The van der Waals surface area contributed by atoms with E-state index in [1.165, 1.54) is 30.6 Å². The van der Waals surface area contributed by atoms with Crippen LogP contribution in [0.1, 0.15) is 5.56 Å². The van der Waals surface area contributed by atoms with Crippen LogP contribution >= 0.6 is 11.3 Å². The number of thiazole rings is 1. The number of nitrogens with one attached hydrogen (secondary N) is 1. The number of anilines is 1. The molecule has 5 nitrogen and oxygen atoms in total. The first-order valence-electron chi connectivity index (χ1n) is 6.52. The third-order valence-corrected chi connectivity index (χ3v) is 5.55. The Bertz CT molecular complexity index is 916. The number of methoxy groups -OCH3 is 1. The second kappa shape index (κ2) is 5.58. The summed E-state index contributed by atoms with van der Waals surface area (Å²) in [5.74, 6) is 0.606. The summed E-state index contributed by atoms with van der Waals surface area (Å²) in [7, 11) is -2.12. The molecule has 1 aromatic heterocycles. The van der Waals surface area contributed by atoms with Crippen LogP contribution in [0.15, 0.2) is 47.4 Å². The van der Waals surface area contributed by atoms with Gasteiger partial charge in [-0.25, -0.2) is 13.4 Å². The van der Waals surface area contributed by atoms with E-state index in [4.69, 9.17) is 4.74 Å². The van der Waals surface area contributed by atoms with Gasteiger partial charge >= 0.3 is 0 Å². The van der Waals surface area contributed by atoms with Crippen molar-refractivity contribution in [2.24, 2.45) is 0 Å². The van der Waals surface area contributed by atoms with Gasteiger partial charge in [-0.15, -0.1) is 0 Å². The number of aryl methyl sites for hydroxylation is 1. The van der Waals surface area contributed by atoms with Crippen molar-refractivity contribution in [3.8, 4) is 5.75 Å². The van der Waals surface area contributed by atoms with E-state index >= 15 is 0 Å². The zero-order valence-corrected chi connectivity index (χ0v) is 13.7. The second-order valence-corrected chi connectivity index (χ2v) is 7.48. The fraction of sp³-hybridized carbons (Fsp3) is 0.133. The van der Waals surface area contributed by atoms with E-state index in [-0.39, 0.29) is 4.90 Å². The summed E-state index contributed by atoms with van der Waals surface area (Å²) in [4.78, 5) is 4.47. The van der Waals surface area contributed by atoms with Gasteiger partial charge in [0.1, 0.15) is 5.75 Å². The number of aromatic nitrogens is 1. The average Bonchev–Trinajstić information content (AvgIpc) is 2.87. The standard InChI is InChI=1S/C15H14N2O3S2/c1-10-3-8-13-14(9-10)21-15(16-13)17-22(18,19)12-6-4-11(20-2)5-7-12/h3-9H,1-2H3,(H,16,17). The molecule has 0 radical (unpaired) electrons. The van der Waals surface area contributed by atoms with Crippen LogP contribution in [0.3, 0.4) is 0 Å². The van der Waals surface area contributed by atoms with E-state index in [2.05, 4.69) is 9.71 Å². The first-order chi connectivity index (χ1) is 10.5. The highest BCUT2D eigenvalue weighted by molar-refractivity contribution is 7.93. The summed E-state index contributed by atoms with van der Waals surface area (Å²) in [6.07, 6.45) is 0. The van der Waals surface area contributed by atoms with Crippen molar-refractivity contribution < 1.29 is 13.2 Å². The smallest absolute Gasteiger partial charge is 0.263 e. The van der Waals surface area contributed by atoms with Crippen molar-refractivity contribution in [3.63, 3.8) is 0 Å². The highest BCUT2D eigenvalue weighted by Crippen LogP contribution is 2.28. The first kappa shape index (κ1) is 14.8. The Morgan fingerprint density at radius 3 is 2.55 bits per heavy atom. The zero-order chi connectivity index (χ0) is 15.7. The molecule has 2 aromatic carbocycles. The molecule has 0 aliphatic carbocycles. The molecule has 0 amide bonds. The van der Waals surface area contributed by atoms with E-state index in [1.54, 1.807) is 12.1 Å². The number of sulfonamides is 1. The lowest BCUT2D eigenvalue weighted by Gasteiger charge is -2.05. The molecule has 0 atom stereocenters. The maximum atomic E-state index is 12.4. The van der Waals surface area contributed by atoms with Crippen LogP contribution in [0.25, 0.3) is 10.2 Å². The van der Waals surface area contributed by atoms with Gasteiger partial charge in [0, 0.05) is 0 Å². The second-order valence-electron chi connectivity index (χ2n) is 4.77. The minimum atomic E-state index is -3.65. The Morgan fingerprint density at radius 2 is 1.86 bits per heavy atom. The molecule has 7 heteroatoms. The van der Waals surface area contributed by atoms with Gasteiger partial charge in [0.05, 0.1) is 22.2 Å². The first-order valence-corrected chi connectivity index (χ1v) is 8.82. The average molecular weight is 334 g/mol. The lowest BCUT2D eigenvalue weighted by molar-refractivity contribution is 0.414. The van der Waals surface area contributed by atoms with Crippen molar-refractivity contribution in [3.05, 3.63) is 48.0 Å². The summed E-state index contributed by atoms with van der Waals surface area (Å²) in [5.41, 5.74) is 1.89. The predicted octanol–water partition coefficient (Wildman–Crippen LogP) is 3.41. The molecule has 0 bridgehead atoms. The van der Waals surface area contributed by atoms with Crippen LogP contribution in [-0.4, -0.2) is 20.5 Å². The molecule has 0 saturated carbocycles. The summed E-state index contributed by atoms with van der Waals surface area (Å²) >= 11 is 1.31. The maximum absolute atomic E-state index is 12.4. The third-order valence-electron chi connectivity index (χ3n) is 3.14. The number of hydrogen-bond donors (Lipinski definition) is 1. The fourth-order valence-electron chi connectivity index (χ4n) is 2.00. The highest BCUT2D eigenvalue weighted by Gasteiger charge is 2.16. The lowest BCUT2D eigenvalue weighted by atomic mass is 10.2. The van der Waals surface area contributed by atoms with Gasteiger partial charge in [-0.05, 0) is 48.9 Å². The molecular formula is C15H14N2O3S2. The van der Waals surface area contributed by atoms with Crippen LogP contribution in [0.5, 0.6) is 5.75 Å². The van der Waals surface area contributed by atoms with Gasteiger partial charge in [-0.3, -0.25) is 4.72 Å². The van der Waals surface area contributed by atoms with Gasteiger partial charge < -0.3 is 4.74 Å². The van der Waals surface area contributed by atoms with E-state index in [9.17, 15) is 8.42 Å². The predicted molar refractivity (Wildman–Crippen MR) is 88.2 cm³/mol. The van der Waals surface area contributed by atoms with E-state index in [0.717, 1.165) is 15.8 Å². The molecule has 114 valence electrons. The molecule has 0 aliphatic heterocycles. The molecular weight excluding hydrogens is 320 g/mol. The molecule has 3 aromatic rings. The van der Waals surface area contributed by atoms with Gasteiger partial charge in [0.15, 0.2) is 5.13 Å². The normalized spacial score (nSPS) is 11.5. The Labute approximate surface area is 132 Å². The molecule has 0 spiro atoms. The van der Waals surface area contributed by atoms with Crippen molar-refractivity contribution in [2.45, 2.75) is 11.8 Å². The molecule has 0 fully saturated rings. The summed E-state index contributed by atoms with van der Waals surface area (Å²) < 4.78 is 33.2. The van der Waals surface area contributed by atoms with E-state index in [0.29, 0.717) is 10.9 Å². The topological polar surface area (TPSA) is 68.3 Å². The number of fused-ring (bicyclic) bond motifs is 1. The number of rotatable bonds is 4. The Morgan fingerprint density at radius 1 is 1.14 bits per heavy atom. The minimum Gasteiger partial charge on any atom is -0.497 e. The summed E-state index contributed by atoms with van der Waals surface area (Å²) in [6.45, 7) is 1.99.